The average Bonchev–Trinajstić information content (AvgIpc) is 3.03. The van der Waals surface area contributed by atoms with Gasteiger partial charge in [0, 0.05) is 32.7 Å². The summed E-state index contributed by atoms with van der Waals surface area (Å²) in [6, 6.07) is 6.04. The smallest absolute Gasteiger partial charge is 0.115 e. The molecule has 4 heteroatoms. The number of benzene rings is 1. The second-order valence-corrected chi connectivity index (χ2v) is 5.55. The van der Waals surface area contributed by atoms with Crippen molar-refractivity contribution in [3.63, 3.8) is 0 Å². The molecule has 1 aliphatic carbocycles. The number of methoxy groups -OCH3 is 1. The van der Waals surface area contributed by atoms with Crippen LogP contribution in [0.2, 0.25) is 0 Å². The van der Waals surface area contributed by atoms with Gasteiger partial charge >= 0.3 is 0 Å². The summed E-state index contributed by atoms with van der Waals surface area (Å²) in [4.78, 5) is 0. The first-order chi connectivity index (χ1) is 9.22. The van der Waals surface area contributed by atoms with Crippen LogP contribution in [0.15, 0.2) is 18.2 Å². The van der Waals surface area contributed by atoms with Crippen molar-refractivity contribution >= 4 is 0 Å². The number of ether oxygens (including phenoxy) is 2. The number of hydrogen-bond donors (Lipinski definition) is 2. The summed E-state index contributed by atoms with van der Waals surface area (Å²) in [7, 11) is 1.76. The SMILES string of the molecule is COC1(CNC2CCc3cc(O)ccc32)CCOC1. The summed E-state index contributed by atoms with van der Waals surface area (Å²) >= 11 is 0. The van der Waals surface area contributed by atoms with Gasteiger partial charge in [-0.1, -0.05) is 6.07 Å². The molecular formula is C15H21NO3. The third-order valence-electron chi connectivity index (χ3n) is 4.38. The predicted molar refractivity (Wildman–Crippen MR) is 72.3 cm³/mol. The van der Waals surface area contributed by atoms with Crippen LogP contribution in [-0.4, -0.2) is 37.6 Å². The number of aryl methyl sites for hydroxylation is 1. The molecule has 2 aliphatic rings. The minimum atomic E-state index is -0.167. The molecule has 104 valence electrons. The molecule has 19 heavy (non-hydrogen) atoms. The Balaban J connectivity index is 1.66. The molecule has 3 rings (SSSR count). The van der Waals surface area contributed by atoms with Crippen LogP contribution in [0.4, 0.5) is 0 Å². The summed E-state index contributed by atoms with van der Waals surface area (Å²) in [5.41, 5.74) is 2.40. The molecule has 0 radical (unpaired) electrons. The standard InChI is InChI=1S/C15H21NO3/c1-18-15(6-7-19-10-15)9-16-14-5-2-11-8-12(17)3-4-13(11)14/h3-4,8,14,16-17H,2,5-7,9-10H2,1H3. The topological polar surface area (TPSA) is 50.7 Å². The number of aromatic hydroxyl groups is 1. The van der Waals surface area contributed by atoms with E-state index in [0.29, 0.717) is 18.4 Å². The summed E-state index contributed by atoms with van der Waals surface area (Å²) in [6.07, 6.45) is 3.06. The molecule has 1 aliphatic heterocycles. The van der Waals surface area contributed by atoms with Crippen molar-refractivity contribution in [3.05, 3.63) is 29.3 Å². The van der Waals surface area contributed by atoms with Crippen molar-refractivity contribution in [1.82, 2.24) is 5.32 Å². The maximum atomic E-state index is 9.51. The fraction of sp³-hybridized carbons (Fsp3) is 0.600. The molecular weight excluding hydrogens is 242 g/mol. The molecule has 1 saturated heterocycles. The molecule has 1 aromatic carbocycles. The molecule has 4 nitrogen and oxygen atoms in total. The number of hydrogen-bond acceptors (Lipinski definition) is 4. The first kappa shape index (κ1) is 12.9. The molecule has 0 amide bonds. The van der Waals surface area contributed by atoms with Gasteiger partial charge in [0.1, 0.15) is 11.4 Å². The average molecular weight is 263 g/mol. The number of fused-ring (bicyclic) bond motifs is 1. The Morgan fingerprint density at radius 2 is 2.42 bits per heavy atom. The molecule has 0 aromatic heterocycles. The van der Waals surface area contributed by atoms with E-state index in [2.05, 4.69) is 5.32 Å². The zero-order valence-corrected chi connectivity index (χ0v) is 11.3. The van der Waals surface area contributed by atoms with Gasteiger partial charge in [0.2, 0.25) is 0 Å². The summed E-state index contributed by atoms with van der Waals surface area (Å²) in [6.45, 7) is 2.27. The first-order valence-electron chi connectivity index (χ1n) is 6.90. The zero-order chi connectivity index (χ0) is 13.3. The Labute approximate surface area is 113 Å². The van der Waals surface area contributed by atoms with Gasteiger partial charge in [0.25, 0.3) is 0 Å². The number of nitrogens with one attached hydrogen (secondary N) is 1. The molecule has 2 atom stereocenters. The number of phenols is 1. The van der Waals surface area contributed by atoms with Crippen LogP contribution in [0.5, 0.6) is 5.75 Å². The van der Waals surface area contributed by atoms with E-state index >= 15 is 0 Å². The van der Waals surface area contributed by atoms with E-state index in [1.165, 1.54) is 11.1 Å². The second kappa shape index (κ2) is 5.12. The summed E-state index contributed by atoms with van der Waals surface area (Å²) in [5, 5.41) is 13.1. The largest absolute Gasteiger partial charge is 0.508 e. The van der Waals surface area contributed by atoms with Crippen molar-refractivity contribution in [3.8, 4) is 5.75 Å². The predicted octanol–water partition coefficient (Wildman–Crippen LogP) is 1.77. The lowest BCUT2D eigenvalue weighted by molar-refractivity contribution is -0.0175. The Morgan fingerprint density at radius 1 is 1.53 bits per heavy atom. The van der Waals surface area contributed by atoms with Gasteiger partial charge in [0.15, 0.2) is 0 Å². The van der Waals surface area contributed by atoms with Gasteiger partial charge in [-0.25, -0.2) is 0 Å². The Kier molecular flexibility index (Phi) is 3.48. The maximum Gasteiger partial charge on any atom is 0.115 e. The van der Waals surface area contributed by atoms with Crippen LogP contribution >= 0.6 is 0 Å². The molecule has 2 N–H and O–H groups in total. The van der Waals surface area contributed by atoms with Crippen molar-refractivity contribution in [2.75, 3.05) is 26.9 Å². The van der Waals surface area contributed by atoms with Crippen molar-refractivity contribution < 1.29 is 14.6 Å². The van der Waals surface area contributed by atoms with Crippen molar-refractivity contribution in [1.29, 1.82) is 0 Å². The molecule has 0 bridgehead atoms. The number of phenolic OH excluding ortho intramolecular Hbond substituents is 1. The Hall–Kier alpha value is -1.10. The quantitative estimate of drug-likeness (QED) is 0.869. The van der Waals surface area contributed by atoms with Gasteiger partial charge in [0.05, 0.1) is 6.61 Å². The minimum Gasteiger partial charge on any atom is -0.508 e. The van der Waals surface area contributed by atoms with Crippen LogP contribution in [0, 0.1) is 0 Å². The van der Waals surface area contributed by atoms with Gasteiger partial charge in [-0.2, -0.15) is 0 Å². The van der Waals surface area contributed by atoms with Crippen molar-refractivity contribution in [2.45, 2.75) is 30.9 Å². The van der Waals surface area contributed by atoms with Crippen LogP contribution in [0.25, 0.3) is 0 Å². The van der Waals surface area contributed by atoms with Crippen LogP contribution in [-0.2, 0) is 15.9 Å². The van der Waals surface area contributed by atoms with Gasteiger partial charge < -0.3 is 19.9 Å². The Morgan fingerprint density at radius 3 is 3.16 bits per heavy atom. The molecule has 0 saturated carbocycles. The van der Waals surface area contributed by atoms with Crippen LogP contribution in [0.1, 0.15) is 30.0 Å². The van der Waals surface area contributed by atoms with E-state index in [0.717, 1.165) is 32.4 Å². The van der Waals surface area contributed by atoms with Gasteiger partial charge in [-0.05, 0) is 36.1 Å². The molecule has 2 unspecified atom stereocenters. The monoisotopic (exact) mass is 263 g/mol. The highest BCUT2D eigenvalue weighted by atomic mass is 16.5. The van der Waals surface area contributed by atoms with E-state index in [4.69, 9.17) is 9.47 Å². The maximum absolute atomic E-state index is 9.51. The fourth-order valence-corrected chi connectivity index (χ4v) is 3.09. The third kappa shape index (κ3) is 2.48. The highest BCUT2D eigenvalue weighted by Crippen LogP contribution is 2.34. The van der Waals surface area contributed by atoms with E-state index in [1.807, 2.05) is 12.1 Å². The molecule has 0 spiro atoms. The van der Waals surface area contributed by atoms with Crippen LogP contribution < -0.4 is 5.32 Å². The van der Waals surface area contributed by atoms with Gasteiger partial charge in [-0.3, -0.25) is 0 Å². The summed E-state index contributed by atoms with van der Waals surface area (Å²) < 4.78 is 11.1. The van der Waals surface area contributed by atoms with Gasteiger partial charge in [-0.15, -0.1) is 0 Å². The highest BCUT2D eigenvalue weighted by molar-refractivity contribution is 5.40. The van der Waals surface area contributed by atoms with E-state index in [1.54, 1.807) is 13.2 Å². The molecule has 1 fully saturated rings. The van der Waals surface area contributed by atoms with Crippen molar-refractivity contribution in [2.24, 2.45) is 0 Å². The fourth-order valence-electron chi connectivity index (χ4n) is 3.09. The normalized spacial score (nSPS) is 29.6. The van der Waals surface area contributed by atoms with E-state index in [9.17, 15) is 5.11 Å². The lowest BCUT2D eigenvalue weighted by atomic mass is 10.0. The zero-order valence-electron chi connectivity index (χ0n) is 11.3. The lowest BCUT2D eigenvalue weighted by Gasteiger charge is -2.28. The lowest BCUT2D eigenvalue weighted by Crippen LogP contribution is -2.43. The Bertz CT molecular complexity index is 455. The highest BCUT2D eigenvalue weighted by Gasteiger charge is 2.36. The van der Waals surface area contributed by atoms with E-state index < -0.39 is 0 Å². The minimum absolute atomic E-state index is 0.167. The molecule has 1 heterocycles. The van der Waals surface area contributed by atoms with E-state index in [-0.39, 0.29) is 5.60 Å². The van der Waals surface area contributed by atoms with Crippen LogP contribution in [0.3, 0.4) is 0 Å². The first-order valence-corrected chi connectivity index (χ1v) is 6.90. The summed E-state index contributed by atoms with van der Waals surface area (Å²) in [5.74, 6) is 0.358. The molecule has 1 aromatic rings. The number of rotatable bonds is 4. The second-order valence-electron chi connectivity index (χ2n) is 5.55. The third-order valence-corrected chi connectivity index (χ3v) is 4.38.